The molecule has 4 heteroatoms. The summed E-state index contributed by atoms with van der Waals surface area (Å²) in [5.41, 5.74) is 2.06. The van der Waals surface area contributed by atoms with Crippen molar-refractivity contribution >= 4 is 14.3 Å². The van der Waals surface area contributed by atoms with E-state index in [4.69, 9.17) is 9.16 Å². The molecule has 0 aromatic heterocycles. The molecule has 27 heavy (non-hydrogen) atoms. The Hall–Kier alpha value is -1.03. The number of hydrogen-bond donors (Lipinski definition) is 0. The Morgan fingerprint density at radius 2 is 1.81 bits per heavy atom. The fraction of sp³-hybridized carbons (Fsp3) is 0.783. The predicted octanol–water partition coefficient (Wildman–Crippen LogP) is 6.62. The Morgan fingerprint density at radius 3 is 2.33 bits per heavy atom. The third-order valence-corrected chi connectivity index (χ3v) is 11.5. The van der Waals surface area contributed by atoms with Gasteiger partial charge in [-0.1, -0.05) is 60.1 Å². The second-order valence-corrected chi connectivity index (χ2v) is 15.6. The van der Waals surface area contributed by atoms with E-state index in [-0.39, 0.29) is 27.8 Å². The van der Waals surface area contributed by atoms with E-state index in [1.54, 1.807) is 0 Å². The molecule has 0 N–H and O–H groups in total. The molecule has 0 unspecified atom stereocenters. The Labute approximate surface area is 167 Å². The van der Waals surface area contributed by atoms with Crippen LogP contribution in [-0.2, 0) is 14.0 Å². The van der Waals surface area contributed by atoms with Crippen LogP contribution in [0.5, 0.6) is 0 Å². The second kappa shape index (κ2) is 7.09. The fourth-order valence-electron chi connectivity index (χ4n) is 4.95. The number of fused-ring (bicyclic) bond motifs is 1. The van der Waals surface area contributed by atoms with E-state index in [0.717, 1.165) is 30.6 Å². The van der Waals surface area contributed by atoms with Crippen LogP contribution >= 0.6 is 0 Å². The van der Waals surface area contributed by atoms with Gasteiger partial charge in [0.05, 0.1) is 18.3 Å². The van der Waals surface area contributed by atoms with Crippen LogP contribution in [0.1, 0.15) is 74.1 Å². The van der Waals surface area contributed by atoms with E-state index in [9.17, 15) is 4.79 Å². The maximum absolute atomic E-state index is 12.9. The van der Waals surface area contributed by atoms with Gasteiger partial charge in [0, 0.05) is 11.8 Å². The van der Waals surface area contributed by atoms with Crippen LogP contribution in [0.2, 0.25) is 18.1 Å². The first-order chi connectivity index (χ1) is 12.2. The molecule has 0 saturated heterocycles. The number of esters is 1. The largest absolute Gasteiger partial charge is 0.546 e. The number of hydrogen-bond acceptors (Lipinski definition) is 3. The molecule has 0 spiro atoms. The highest BCUT2D eigenvalue weighted by molar-refractivity contribution is 6.74. The lowest BCUT2D eigenvalue weighted by Gasteiger charge is -2.54. The van der Waals surface area contributed by atoms with Gasteiger partial charge in [0.1, 0.15) is 0 Å². The Kier molecular flexibility index (Phi) is 5.85. The van der Waals surface area contributed by atoms with Crippen molar-refractivity contribution < 1.29 is 14.0 Å². The zero-order valence-electron chi connectivity index (χ0n) is 19.0. The lowest BCUT2D eigenvalue weighted by Crippen LogP contribution is -2.49. The fourth-order valence-corrected chi connectivity index (χ4v) is 6.05. The maximum Gasteiger partial charge on any atom is 0.313 e. The van der Waals surface area contributed by atoms with E-state index in [2.05, 4.69) is 61.2 Å². The zero-order chi connectivity index (χ0) is 20.8. The van der Waals surface area contributed by atoms with Gasteiger partial charge in [-0.3, -0.25) is 4.79 Å². The Morgan fingerprint density at radius 1 is 1.22 bits per heavy atom. The van der Waals surface area contributed by atoms with Crippen LogP contribution in [0, 0.1) is 16.7 Å². The van der Waals surface area contributed by atoms with Gasteiger partial charge in [-0.05, 0) is 48.9 Å². The third-order valence-electron chi connectivity index (χ3n) is 7.16. The van der Waals surface area contributed by atoms with Gasteiger partial charge in [0.2, 0.25) is 8.32 Å². The highest BCUT2D eigenvalue weighted by atomic mass is 28.4. The minimum atomic E-state index is -1.97. The summed E-state index contributed by atoms with van der Waals surface area (Å²) in [5, 5.41) is 0.134. The summed E-state index contributed by atoms with van der Waals surface area (Å²) in [6, 6.07) is 0. The van der Waals surface area contributed by atoms with Gasteiger partial charge in [-0.2, -0.15) is 0 Å². The summed E-state index contributed by atoms with van der Waals surface area (Å²) in [6.07, 6.45) is 3.89. The van der Waals surface area contributed by atoms with Gasteiger partial charge in [0.15, 0.2) is 0 Å². The first-order valence-electron chi connectivity index (χ1n) is 10.4. The van der Waals surface area contributed by atoms with Gasteiger partial charge < -0.3 is 9.16 Å². The molecule has 2 atom stereocenters. The molecule has 0 aliphatic heterocycles. The van der Waals surface area contributed by atoms with Crippen LogP contribution in [0.4, 0.5) is 0 Å². The molecule has 0 aromatic carbocycles. The maximum atomic E-state index is 12.9. The summed E-state index contributed by atoms with van der Waals surface area (Å²) in [6.45, 7) is 24.9. The van der Waals surface area contributed by atoms with Crippen molar-refractivity contribution in [1.82, 2.24) is 0 Å². The van der Waals surface area contributed by atoms with Crippen LogP contribution in [0.15, 0.2) is 23.5 Å². The van der Waals surface area contributed by atoms with Crippen molar-refractivity contribution in [2.24, 2.45) is 16.7 Å². The quantitative estimate of drug-likeness (QED) is 0.306. The van der Waals surface area contributed by atoms with Crippen LogP contribution in [0.3, 0.4) is 0 Å². The van der Waals surface area contributed by atoms with E-state index in [1.807, 2.05) is 6.92 Å². The molecule has 0 heterocycles. The summed E-state index contributed by atoms with van der Waals surface area (Å²) >= 11 is 0. The Bertz CT molecular complexity index is 651. The molecule has 3 nitrogen and oxygen atoms in total. The third kappa shape index (κ3) is 3.92. The van der Waals surface area contributed by atoms with Crippen LogP contribution in [-0.4, -0.2) is 20.9 Å². The molecular formula is C23H40O3Si. The Balaban J connectivity index is 2.62. The first-order valence-corrected chi connectivity index (χ1v) is 13.4. The number of carbonyl (C=O) groups excluding carboxylic acids is 1. The van der Waals surface area contributed by atoms with E-state index in [0.29, 0.717) is 13.0 Å². The highest BCUT2D eigenvalue weighted by Crippen LogP contribution is 2.61. The minimum Gasteiger partial charge on any atom is -0.546 e. The second-order valence-electron chi connectivity index (χ2n) is 10.8. The molecule has 1 fully saturated rings. The molecule has 2 aliphatic carbocycles. The molecular weight excluding hydrogens is 352 g/mol. The summed E-state index contributed by atoms with van der Waals surface area (Å²) < 4.78 is 12.3. The number of allylic oxidation sites excluding steroid dienone is 2. The zero-order valence-corrected chi connectivity index (χ0v) is 20.0. The summed E-state index contributed by atoms with van der Waals surface area (Å²) in [5.74, 6) is 0.713. The summed E-state index contributed by atoms with van der Waals surface area (Å²) in [7, 11) is -1.97. The van der Waals surface area contributed by atoms with Crippen molar-refractivity contribution in [2.75, 3.05) is 6.61 Å². The molecule has 154 valence electrons. The van der Waals surface area contributed by atoms with Crippen molar-refractivity contribution in [3.05, 3.63) is 23.5 Å². The van der Waals surface area contributed by atoms with E-state index >= 15 is 0 Å². The molecule has 0 amide bonds. The molecule has 0 aromatic rings. The summed E-state index contributed by atoms with van der Waals surface area (Å²) in [4.78, 5) is 12.9. The van der Waals surface area contributed by atoms with Crippen molar-refractivity contribution in [1.29, 1.82) is 0 Å². The normalized spacial score (nSPS) is 28.6. The van der Waals surface area contributed by atoms with Gasteiger partial charge in [-0.15, -0.1) is 0 Å². The molecule has 0 bridgehead atoms. The van der Waals surface area contributed by atoms with Crippen molar-refractivity contribution in [2.45, 2.75) is 92.3 Å². The average Bonchev–Trinajstić information content (AvgIpc) is 2.43. The predicted molar refractivity (Wildman–Crippen MR) is 115 cm³/mol. The monoisotopic (exact) mass is 392 g/mol. The highest BCUT2D eigenvalue weighted by Gasteiger charge is 2.55. The standard InChI is InChI=1S/C23H40O3Si/c1-11-25-20(24)18-16(2)15-17(26-27(9,10)21(3,4)5)19-22(6,7)13-12-14-23(18,19)8/h18H,2,11-15H2,1,3-10H3/t18-,23-/m1/s1. The topological polar surface area (TPSA) is 35.5 Å². The van der Waals surface area contributed by atoms with Crippen molar-refractivity contribution in [3.63, 3.8) is 0 Å². The number of rotatable bonds is 4. The van der Waals surface area contributed by atoms with Crippen LogP contribution in [0.25, 0.3) is 0 Å². The minimum absolute atomic E-state index is 0.0240. The first kappa shape index (κ1) is 22.3. The molecule has 1 saturated carbocycles. The van der Waals surface area contributed by atoms with E-state index < -0.39 is 8.32 Å². The van der Waals surface area contributed by atoms with Crippen molar-refractivity contribution in [3.8, 4) is 0 Å². The lowest BCUT2D eigenvalue weighted by molar-refractivity contribution is -0.151. The molecule has 0 radical (unpaired) electrons. The number of carbonyl (C=O) groups is 1. The number of ether oxygens (including phenoxy) is 1. The average molecular weight is 393 g/mol. The smallest absolute Gasteiger partial charge is 0.313 e. The van der Waals surface area contributed by atoms with Crippen LogP contribution < -0.4 is 0 Å². The molecule has 2 rings (SSSR count). The lowest BCUT2D eigenvalue weighted by atomic mass is 9.52. The van der Waals surface area contributed by atoms with E-state index in [1.165, 1.54) is 5.57 Å². The van der Waals surface area contributed by atoms with Gasteiger partial charge in [-0.25, -0.2) is 0 Å². The molecule has 2 aliphatic rings. The van der Waals surface area contributed by atoms with Gasteiger partial charge >= 0.3 is 5.97 Å². The van der Waals surface area contributed by atoms with Gasteiger partial charge in [0.25, 0.3) is 0 Å². The SMILES string of the molecule is C=C1CC(O[Si](C)(C)C(C)(C)C)=C2C(C)(C)CCC[C@]2(C)[C@H]1C(=O)OCC.